The van der Waals surface area contributed by atoms with Crippen LogP contribution in [0.25, 0.3) is 0 Å². The number of carbonyl (C=O) groups is 1. The molecule has 3 rings (SSSR count). The Bertz CT molecular complexity index is 939. The molecule has 2 heterocycles. The van der Waals surface area contributed by atoms with E-state index < -0.39 is 17.5 Å². The Morgan fingerprint density at radius 1 is 1.24 bits per heavy atom. The molecular formula is C17H15F2N5O. The first-order valence-corrected chi connectivity index (χ1v) is 7.51. The molecule has 0 spiro atoms. The van der Waals surface area contributed by atoms with Crippen molar-refractivity contribution in [2.24, 2.45) is 0 Å². The van der Waals surface area contributed by atoms with Gasteiger partial charge in [-0.2, -0.15) is 5.10 Å². The summed E-state index contributed by atoms with van der Waals surface area (Å²) >= 11 is 0. The van der Waals surface area contributed by atoms with Crippen molar-refractivity contribution in [1.29, 1.82) is 0 Å². The van der Waals surface area contributed by atoms with Crippen LogP contribution in [0.2, 0.25) is 0 Å². The van der Waals surface area contributed by atoms with Crippen LogP contribution in [0, 0.1) is 25.5 Å². The summed E-state index contributed by atoms with van der Waals surface area (Å²) in [6.45, 7) is 3.42. The maximum Gasteiger partial charge on any atom is 0.275 e. The molecular weight excluding hydrogens is 328 g/mol. The maximum atomic E-state index is 13.9. The van der Waals surface area contributed by atoms with Crippen molar-refractivity contribution in [3.05, 3.63) is 70.9 Å². The van der Waals surface area contributed by atoms with Crippen LogP contribution in [0.1, 0.15) is 27.4 Å². The van der Waals surface area contributed by atoms with Crippen molar-refractivity contribution in [3.63, 3.8) is 0 Å². The number of halogens is 2. The highest BCUT2D eigenvalue weighted by Gasteiger charge is 2.15. The molecule has 128 valence electrons. The molecule has 0 aliphatic carbocycles. The summed E-state index contributed by atoms with van der Waals surface area (Å²) in [7, 11) is 0. The first-order chi connectivity index (χ1) is 11.9. The minimum Gasteiger partial charge on any atom is -0.305 e. The predicted molar refractivity (Wildman–Crippen MR) is 87.1 cm³/mol. The van der Waals surface area contributed by atoms with E-state index in [2.05, 4.69) is 20.4 Å². The normalized spacial score (nSPS) is 10.7. The third kappa shape index (κ3) is 3.68. The molecule has 3 aromatic rings. The van der Waals surface area contributed by atoms with Gasteiger partial charge in [0.05, 0.1) is 12.7 Å². The van der Waals surface area contributed by atoms with Gasteiger partial charge in [-0.15, -0.1) is 0 Å². The number of hydrogen-bond acceptors (Lipinski definition) is 4. The average Bonchev–Trinajstić information content (AvgIpc) is 2.91. The van der Waals surface area contributed by atoms with Gasteiger partial charge in [-0.3, -0.25) is 4.79 Å². The number of nitrogens with zero attached hydrogens (tertiary/aromatic N) is 4. The van der Waals surface area contributed by atoms with Crippen LogP contribution in [0.3, 0.4) is 0 Å². The molecule has 0 fully saturated rings. The summed E-state index contributed by atoms with van der Waals surface area (Å²) in [5, 5.41) is 6.84. The SMILES string of the molecule is Cc1nccc(C(=O)Nc2c(C)cnn2Cc2cc(F)ccc2F)n1. The second kappa shape index (κ2) is 6.76. The molecule has 0 unspecified atom stereocenters. The number of carbonyl (C=O) groups excluding carboxylic acids is 1. The highest BCUT2D eigenvalue weighted by atomic mass is 19.1. The number of aromatic nitrogens is 4. The van der Waals surface area contributed by atoms with E-state index in [0.29, 0.717) is 17.2 Å². The molecule has 1 aromatic carbocycles. The molecule has 1 amide bonds. The molecule has 0 saturated heterocycles. The van der Waals surface area contributed by atoms with E-state index in [4.69, 9.17) is 0 Å². The van der Waals surface area contributed by atoms with Crippen molar-refractivity contribution >= 4 is 11.7 Å². The number of aryl methyl sites for hydroxylation is 2. The van der Waals surface area contributed by atoms with Crippen molar-refractivity contribution in [2.45, 2.75) is 20.4 Å². The zero-order valence-electron chi connectivity index (χ0n) is 13.6. The molecule has 0 bridgehead atoms. The van der Waals surface area contributed by atoms with Crippen LogP contribution in [0.15, 0.2) is 36.7 Å². The summed E-state index contributed by atoms with van der Waals surface area (Å²) in [5.41, 5.74) is 1.03. The van der Waals surface area contributed by atoms with Crippen molar-refractivity contribution in [2.75, 3.05) is 5.32 Å². The Morgan fingerprint density at radius 2 is 2.04 bits per heavy atom. The highest BCUT2D eigenvalue weighted by molar-refractivity contribution is 6.02. The fourth-order valence-corrected chi connectivity index (χ4v) is 2.34. The number of rotatable bonds is 4. The van der Waals surface area contributed by atoms with E-state index >= 15 is 0 Å². The summed E-state index contributed by atoms with van der Waals surface area (Å²) in [6.07, 6.45) is 3.03. The van der Waals surface area contributed by atoms with Crippen LogP contribution in [0.4, 0.5) is 14.6 Å². The molecule has 0 aliphatic rings. The first kappa shape index (κ1) is 16.7. The largest absolute Gasteiger partial charge is 0.305 e. The molecule has 0 aliphatic heterocycles. The van der Waals surface area contributed by atoms with E-state index in [-0.39, 0.29) is 17.8 Å². The minimum atomic E-state index is -0.543. The number of nitrogens with one attached hydrogen (secondary N) is 1. The molecule has 0 saturated carbocycles. The van der Waals surface area contributed by atoms with Gasteiger partial charge in [0, 0.05) is 17.3 Å². The molecule has 8 heteroatoms. The lowest BCUT2D eigenvalue weighted by Gasteiger charge is -2.11. The second-order valence-corrected chi connectivity index (χ2v) is 5.51. The summed E-state index contributed by atoms with van der Waals surface area (Å²) in [4.78, 5) is 20.4. The Kier molecular flexibility index (Phi) is 4.51. The molecule has 0 atom stereocenters. The summed E-state index contributed by atoms with van der Waals surface area (Å²) in [5.74, 6) is -0.653. The topological polar surface area (TPSA) is 72.7 Å². The molecule has 2 aromatic heterocycles. The molecule has 1 N–H and O–H groups in total. The fourth-order valence-electron chi connectivity index (χ4n) is 2.34. The Balaban J connectivity index is 1.87. The van der Waals surface area contributed by atoms with Gasteiger partial charge in [0.2, 0.25) is 0 Å². The number of amides is 1. The van der Waals surface area contributed by atoms with Crippen LogP contribution < -0.4 is 5.32 Å². The van der Waals surface area contributed by atoms with E-state index in [0.717, 1.165) is 18.2 Å². The van der Waals surface area contributed by atoms with Gasteiger partial charge in [0.25, 0.3) is 5.91 Å². The van der Waals surface area contributed by atoms with Gasteiger partial charge in [-0.1, -0.05) is 0 Å². The van der Waals surface area contributed by atoms with E-state index in [1.807, 2.05) is 0 Å². The lowest BCUT2D eigenvalue weighted by molar-refractivity contribution is 0.102. The Labute approximate surface area is 142 Å². The highest BCUT2D eigenvalue weighted by Crippen LogP contribution is 2.18. The van der Waals surface area contributed by atoms with Crippen LogP contribution in [-0.4, -0.2) is 25.7 Å². The average molecular weight is 343 g/mol. The predicted octanol–water partition coefficient (Wildman–Crippen LogP) is 2.87. The second-order valence-electron chi connectivity index (χ2n) is 5.51. The van der Waals surface area contributed by atoms with E-state index in [1.54, 1.807) is 13.8 Å². The van der Waals surface area contributed by atoms with Crippen molar-refractivity contribution in [1.82, 2.24) is 19.7 Å². The fraction of sp³-hybridized carbons (Fsp3) is 0.176. The minimum absolute atomic E-state index is 0.0180. The van der Waals surface area contributed by atoms with Crippen molar-refractivity contribution < 1.29 is 13.6 Å². The smallest absolute Gasteiger partial charge is 0.275 e. The van der Waals surface area contributed by atoms with E-state index in [9.17, 15) is 13.6 Å². The number of hydrogen-bond donors (Lipinski definition) is 1. The van der Waals surface area contributed by atoms with Gasteiger partial charge in [0.15, 0.2) is 0 Å². The van der Waals surface area contributed by atoms with Gasteiger partial charge in [-0.05, 0) is 38.1 Å². The van der Waals surface area contributed by atoms with Crippen LogP contribution in [-0.2, 0) is 6.54 Å². The maximum absolute atomic E-state index is 13.9. The lowest BCUT2D eigenvalue weighted by atomic mass is 10.2. The zero-order valence-corrected chi connectivity index (χ0v) is 13.6. The summed E-state index contributed by atoms with van der Waals surface area (Å²) < 4.78 is 28.6. The monoisotopic (exact) mass is 343 g/mol. The molecule has 0 radical (unpaired) electrons. The van der Waals surface area contributed by atoms with Gasteiger partial charge < -0.3 is 5.32 Å². The first-order valence-electron chi connectivity index (χ1n) is 7.51. The number of anilines is 1. The van der Waals surface area contributed by atoms with Crippen LogP contribution >= 0.6 is 0 Å². The third-order valence-electron chi connectivity index (χ3n) is 3.59. The van der Waals surface area contributed by atoms with Gasteiger partial charge in [-0.25, -0.2) is 23.4 Å². The Morgan fingerprint density at radius 3 is 2.80 bits per heavy atom. The van der Waals surface area contributed by atoms with E-state index in [1.165, 1.54) is 23.1 Å². The number of benzene rings is 1. The third-order valence-corrected chi connectivity index (χ3v) is 3.59. The quantitative estimate of drug-likeness (QED) is 0.791. The molecule has 25 heavy (non-hydrogen) atoms. The van der Waals surface area contributed by atoms with Gasteiger partial charge >= 0.3 is 0 Å². The van der Waals surface area contributed by atoms with Crippen molar-refractivity contribution in [3.8, 4) is 0 Å². The van der Waals surface area contributed by atoms with Gasteiger partial charge in [0.1, 0.15) is 29.0 Å². The Hall–Kier alpha value is -3.16. The molecule has 6 nitrogen and oxygen atoms in total. The standard InChI is InChI=1S/C17H15F2N5O/c1-10-8-21-24(9-12-7-13(18)3-4-14(12)19)16(10)23-17(25)15-5-6-20-11(2)22-15/h3-8H,9H2,1-2H3,(H,23,25). The van der Waals surface area contributed by atoms with Crippen LogP contribution in [0.5, 0.6) is 0 Å². The lowest BCUT2D eigenvalue weighted by Crippen LogP contribution is -2.18. The zero-order chi connectivity index (χ0) is 18.0. The summed E-state index contributed by atoms with van der Waals surface area (Å²) in [6, 6.07) is 4.70.